The summed E-state index contributed by atoms with van der Waals surface area (Å²) in [6, 6.07) is 6.11. The summed E-state index contributed by atoms with van der Waals surface area (Å²) in [5.41, 5.74) is 1.18. The molecule has 3 fully saturated rings. The average Bonchev–Trinajstić information content (AvgIpc) is 3.21. The summed E-state index contributed by atoms with van der Waals surface area (Å²) < 4.78 is 11.5. The van der Waals surface area contributed by atoms with Crippen LogP contribution in [0.1, 0.15) is 44.1 Å². The van der Waals surface area contributed by atoms with E-state index in [9.17, 15) is 4.79 Å². The molecule has 1 amide bonds. The van der Waals surface area contributed by atoms with E-state index in [2.05, 4.69) is 11.0 Å². The highest BCUT2D eigenvalue weighted by molar-refractivity contribution is 6.31. The number of carbonyl (C=O) groups is 1. The van der Waals surface area contributed by atoms with Gasteiger partial charge in [0, 0.05) is 44.3 Å². The van der Waals surface area contributed by atoms with Crippen molar-refractivity contribution in [3.05, 3.63) is 28.8 Å². The molecule has 3 aliphatic rings. The van der Waals surface area contributed by atoms with E-state index >= 15 is 0 Å². The zero-order valence-corrected chi connectivity index (χ0v) is 18.2. The van der Waals surface area contributed by atoms with Crippen LogP contribution in [0.5, 0.6) is 5.75 Å². The zero-order valence-electron chi connectivity index (χ0n) is 17.4. The van der Waals surface area contributed by atoms with Gasteiger partial charge < -0.3 is 14.4 Å². The highest BCUT2D eigenvalue weighted by atomic mass is 35.5. The van der Waals surface area contributed by atoms with Crippen molar-refractivity contribution in [2.75, 3.05) is 39.9 Å². The van der Waals surface area contributed by atoms with Crippen molar-refractivity contribution >= 4 is 17.5 Å². The molecule has 0 atom stereocenters. The van der Waals surface area contributed by atoms with Crippen LogP contribution < -0.4 is 4.74 Å². The van der Waals surface area contributed by atoms with Crippen molar-refractivity contribution in [1.82, 2.24) is 9.80 Å². The van der Waals surface area contributed by atoms with Gasteiger partial charge in [-0.1, -0.05) is 17.7 Å². The number of nitrogens with zero attached hydrogens (tertiary/aromatic N) is 2. The first-order valence-electron chi connectivity index (χ1n) is 11.1. The molecule has 0 N–H and O–H groups in total. The lowest BCUT2D eigenvalue weighted by molar-refractivity contribution is -0.138. The van der Waals surface area contributed by atoms with Crippen LogP contribution in [0, 0.1) is 11.8 Å². The number of ether oxygens (including phenoxy) is 2. The van der Waals surface area contributed by atoms with Crippen LogP contribution in [0.3, 0.4) is 0 Å². The fourth-order valence-electron chi connectivity index (χ4n) is 4.76. The molecule has 0 bridgehead atoms. The lowest BCUT2D eigenvalue weighted by Gasteiger charge is -2.38. The topological polar surface area (TPSA) is 42.0 Å². The number of benzene rings is 1. The monoisotopic (exact) mass is 420 g/mol. The third-order valence-electron chi connectivity index (χ3n) is 6.59. The minimum atomic E-state index is 0.141. The first-order valence-corrected chi connectivity index (χ1v) is 11.5. The summed E-state index contributed by atoms with van der Waals surface area (Å²) >= 11 is 6.50. The van der Waals surface area contributed by atoms with Crippen LogP contribution in [0.15, 0.2) is 18.2 Å². The van der Waals surface area contributed by atoms with Crippen molar-refractivity contribution in [3.8, 4) is 5.75 Å². The van der Waals surface area contributed by atoms with Gasteiger partial charge in [0.1, 0.15) is 5.75 Å². The number of hydrogen-bond acceptors (Lipinski definition) is 4. The Morgan fingerprint density at radius 2 is 1.97 bits per heavy atom. The number of likely N-dealkylation sites (tertiary alicyclic amines) is 1. The van der Waals surface area contributed by atoms with Gasteiger partial charge in [-0.3, -0.25) is 9.69 Å². The molecule has 2 heterocycles. The van der Waals surface area contributed by atoms with E-state index in [1.54, 1.807) is 0 Å². The van der Waals surface area contributed by atoms with Crippen LogP contribution >= 0.6 is 11.6 Å². The Balaban J connectivity index is 1.20. The van der Waals surface area contributed by atoms with Gasteiger partial charge in [-0.15, -0.1) is 0 Å². The van der Waals surface area contributed by atoms with Gasteiger partial charge in [0.05, 0.1) is 6.10 Å². The fraction of sp³-hybridized carbons (Fsp3) is 0.696. The average molecular weight is 421 g/mol. The van der Waals surface area contributed by atoms with Crippen LogP contribution in [0.4, 0.5) is 0 Å². The molecule has 0 aromatic heterocycles. The first-order chi connectivity index (χ1) is 14.1. The zero-order chi connectivity index (χ0) is 20.2. The Bertz CT molecular complexity index is 695. The van der Waals surface area contributed by atoms with E-state index in [4.69, 9.17) is 21.1 Å². The number of halogens is 1. The second-order valence-corrected chi connectivity index (χ2v) is 9.33. The van der Waals surface area contributed by atoms with E-state index in [1.165, 1.54) is 31.5 Å². The van der Waals surface area contributed by atoms with E-state index < -0.39 is 0 Å². The smallest absolute Gasteiger partial charge is 0.225 e. The van der Waals surface area contributed by atoms with Gasteiger partial charge in [0.15, 0.2) is 0 Å². The molecule has 4 rings (SSSR count). The number of amides is 1. The van der Waals surface area contributed by atoms with E-state index in [-0.39, 0.29) is 17.9 Å². The fourth-order valence-corrected chi connectivity index (χ4v) is 4.99. The predicted molar refractivity (Wildman–Crippen MR) is 114 cm³/mol. The number of hydrogen-bond donors (Lipinski definition) is 0. The lowest BCUT2D eigenvalue weighted by Crippen LogP contribution is -2.44. The Labute approximate surface area is 179 Å². The van der Waals surface area contributed by atoms with Crippen LogP contribution in [0.25, 0.3) is 0 Å². The Hall–Kier alpha value is -1.30. The van der Waals surface area contributed by atoms with Crippen LogP contribution in [-0.4, -0.2) is 61.7 Å². The Morgan fingerprint density at radius 1 is 1.24 bits per heavy atom. The molecule has 5 nitrogen and oxygen atoms in total. The molecule has 0 radical (unpaired) electrons. The quantitative estimate of drug-likeness (QED) is 0.669. The molecule has 2 saturated heterocycles. The second-order valence-electron chi connectivity index (χ2n) is 8.92. The molecule has 0 spiro atoms. The van der Waals surface area contributed by atoms with Crippen molar-refractivity contribution in [2.45, 2.75) is 51.2 Å². The van der Waals surface area contributed by atoms with Crippen molar-refractivity contribution in [3.63, 3.8) is 0 Å². The molecule has 1 aromatic carbocycles. The molecule has 6 heteroatoms. The third-order valence-corrected chi connectivity index (χ3v) is 6.94. The minimum Gasteiger partial charge on any atom is -0.490 e. The second kappa shape index (κ2) is 9.67. The van der Waals surface area contributed by atoms with Gasteiger partial charge in [0.2, 0.25) is 5.91 Å². The summed E-state index contributed by atoms with van der Waals surface area (Å²) in [5.74, 6) is 1.80. The Kier molecular flexibility index (Phi) is 6.99. The molecule has 29 heavy (non-hydrogen) atoms. The van der Waals surface area contributed by atoms with Gasteiger partial charge >= 0.3 is 0 Å². The molecular weight excluding hydrogens is 388 g/mol. The van der Waals surface area contributed by atoms with Gasteiger partial charge in [-0.2, -0.15) is 0 Å². The Morgan fingerprint density at radius 3 is 2.66 bits per heavy atom. The van der Waals surface area contributed by atoms with Gasteiger partial charge in [0.25, 0.3) is 0 Å². The highest BCUT2D eigenvalue weighted by Crippen LogP contribution is 2.34. The largest absolute Gasteiger partial charge is 0.490 e. The number of rotatable bonds is 7. The number of carbonyl (C=O) groups excluding carboxylic acids is 1. The van der Waals surface area contributed by atoms with Crippen LogP contribution in [-0.2, 0) is 16.1 Å². The third kappa shape index (κ3) is 5.44. The molecule has 1 aromatic rings. The molecule has 2 aliphatic heterocycles. The van der Waals surface area contributed by atoms with Crippen LogP contribution in [0.2, 0.25) is 5.02 Å². The lowest BCUT2D eigenvalue weighted by atomic mass is 9.81. The summed E-state index contributed by atoms with van der Waals surface area (Å²) in [4.78, 5) is 16.9. The standard InChI is InChI=1S/C23H33ClN2O3/c1-25(23(27)18-6-10-28-11-7-18)15-17-12-21(13-17)29-20-5-4-19(22(24)14-20)16-26-8-2-3-9-26/h4-5,14,17-18,21H,2-3,6-13,15-16H2,1H3. The molecule has 0 unspecified atom stereocenters. The van der Waals surface area contributed by atoms with E-state index in [0.29, 0.717) is 19.1 Å². The molecular formula is C23H33ClN2O3. The van der Waals surface area contributed by atoms with E-state index in [0.717, 1.165) is 49.5 Å². The first kappa shape index (κ1) is 21.0. The maximum absolute atomic E-state index is 12.6. The molecule has 1 aliphatic carbocycles. The maximum atomic E-state index is 12.6. The normalized spacial score (nSPS) is 25.6. The summed E-state index contributed by atoms with van der Waals surface area (Å²) in [5, 5.41) is 0.798. The highest BCUT2D eigenvalue weighted by Gasteiger charge is 2.34. The SMILES string of the molecule is CN(CC1CC(Oc2ccc(CN3CCCC3)c(Cl)c2)C1)C(=O)C1CCOCC1. The molecule has 1 saturated carbocycles. The molecule has 160 valence electrons. The summed E-state index contributed by atoms with van der Waals surface area (Å²) in [6.07, 6.45) is 6.51. The summed E-state index contributed by atoms with van der Waals surface area (Å²) in [6.45, 7) is 5.52. The maximum Gasteiger partial charge on any atom is 0.225 e. The summed E-state index contributed by atoms with van der Waals surface area (Å²) in [7, 11) is 1.94. The van der Waals surface area contributed by atoms with Gasteiger partial charge in [-0.25, -0.2) is 0 Å². The minimum absolute atomic E-state index is 0.141. The van der Waals surface area contributed by atoms with Crippen molar-refractivity contribution in [2.24, 2.45) is 11.8 Å². The van der Waals surface area contributed by atoms with Crippen molar-refractivity contribution in [1.29, 1.82) is 0 Å². The van der Waals surface area contributed by atoms with E-state index in [1.807, 2.05) is 24.1 Å². The predicted octanol–water partition coefficient (Wildman–Crippen LogP) is 3.98. The van der Waals surface area contributed by atoms with Crippen molar-refractivity contribution < 1.29 is 14.3 Å². The van der Waals surface area contributed by atoms with Gasteiger partial charge in [-0.05, 0) is 75.2 Å².